The molecule has 0 spiro atoms. The molecule has 2 aromatic carbocycles. The highest BCUT2D eigenvalue weighted by atomic mass is 32.1. The second-order valence-electron chi connectivity index (χ2n) is 8.58. The van der Waals surface area contributed by atoms with Crippen molar-refractivity contribution in [1.29, 1.82) is 0 Å². The maximum atomic E-state index is 13.9. The summed E-state index contributed by atoms with van der Waals surface area (Å²) in [5, 5.41) is 8.52. The molecule has 1 atom stereocenters. The number of piperidine rings is 1. The highest BCUT2D eigenvalue weighted by Crippen LogP contribution is 2.34. The number of halogens is 1. The van der Waals surface area contributed by atoms with E-state index in [0.717, 1.165) is 46.2 Å². The smallest absolute Gasteiger partial charge is 0.225 e. The van der Waals surface area contributed by atoms with Crippen LogP contribution in [0.3, 0.4) is 0 Å². The van der Waals surface area contributed by atoms with Crippen molar-refractivity contribution < 1.29 is 9.18 Å². The lowest BCUT2D eigenvalue weighted by Gasteiger charge is -2.31. The molecule has 1 unspecified atom stereocenters. The first-order valence-corrected chi connectivity index (χ1v) is 12.0. The summed E-state index contributed by atoms with van der Waals surface area (Å²) in [5.74, 6) is -0.478. The van der Waals surface area contributed by atoms with Crippen molar-refractivity contribution in [2.24, 2.45) is 5.92 Å². The molecule has 2 aromatic heterocycles. The van der Waals surface area contributed by atoms with Gasteiger partial charge in [-0.3, -0.25) is 4.79 Å². The summed E-state index contributed by atoms with van der Waals surface area (Å²) in [7, 11) is 0. The summed E-state index contributed by atoms with van der Waals surface area (Å²) in [6, 6.07) is 14.8. The van der Waals surface area contributed by atoms with Crippen molar-refractivity contribution in [2.45, 2.75) is 33.2 Å². The minimum absolute atomic E-state index is 0.0360. The maximum absolute atomic E-state index is 13.9. The van der Waals surface area contributed by atoms with Crippen molar-refractivity contribution in [3.05, 3.63) is 71.2 Å². The van der Waals surface area contributed by atoms with Crippen LogP contribution in [-0.4, -0.2) is 33.8 Å². The molecule has 1 aliphatic rings. The Bertz CT molecular complexity index is 1300. The lowest BCUT2D eigenvalue weighted by atomic mass is 9.97. The van der Waals surface area contributed by atoms with Crippen LogP contribution in [0.15, 0.2) is 48.5 Å². The van der Waals surface area contributed by atoms with Gasteiger partial charge in [-0.15, -0.1) is 0 Å². The number of rotatable bonds is 5. The number of aromatic nitrogens is 3. The number of hydrogen-bond acceptors (Lipinski definition) is 5. The number of carbonyl (C=O) groups excluding carboxylic acids is 1. The minimum Gasteiger partial charge on any atom is -0.352 e. The second kappa shape index (κ2) is 8.94. The largest absolute Gasteiger partial charge is 0.352 e. The molecule has 170 valence electrons. The topological polar surface area (TPSA) is 63.1 Å². The zero-order valence-electron chi connectivity index (χ0n) is 18.7. The third-order valence-electron chi connectivity index (χ3n) is 6.13. The highest BCUT2D eigenvalue weighted by Gasteiger charge is 2.28. The van der Waals surface area contributed by atoms with Gasteiger partial charge in [0.15, 0.2) is 10.8 Å². The molecule has 6 nitrogen and oxygen atoms in total. The number of benzene rings is 2. The van der Waals surface area contributed by atoms with E-state index in [4.69, 9.17) is 10.1 Å². The van der Waals surface area contributed by atoms with Crippen LogP contribution in [0.2, 0.25) is 0 Å². The van der Waals surface area contributed by atoms with Gasteiger partial charge in [-0.05, 0) is 44.9 Å². The normalized spacial score (nSPS) is 16.3. The van der Waals surface area contributed by atoms with Crippen LogP contribution in [-0.2, 0) is 11.3 Å². The Hall–Kier alpha value is -3.26. The fourth-order valence-electron chi connectivity index (χ4n) is 4.26. The first-order valence-electron chi connectivity index (χ1n) is 11.2. The van der Waals surface area contributed by atoms with Gasteiger partial charge in [0.25, 0.3) is 0 Å². The number of nitrogens with zero attached hydrogens (tertiary/aromatic N) is 4. The van der Waals surface area contributed by atoms with Gasteiger partial charge < -0.3 is 10.2 Å². The lowest BCUT2D eigenvalue weighted by Crippen LogP contribution is -2.43. The fourth-order valence-corrected chi connectivity index (χ4v) is 5.28. The van der Waals surface area contributed by atoms with E-state index in [0.29, 0.717) is 12.1 Å². The number of fused-ring (bicyclic) bond motifs is 1. The van der Waals surface area contributed by atoms with Crippen LogP contribution >= 0.6 is 11.3 Å². The number of carbonyl (C=O) groups is 1. The molecule has 0 radical (unpaired) electrons. The zero-order chi connectivity index (χ0) is 22.9. The predicted molar refractivity (Wildman–Crippen MR) is 129 cm³/mol. The van der Waals surface area contributed by atoms with Gasteiger partial charge in [0.05, 0.1) is 22.0 Å². The molecule has 8 heteroatoms. The van der Waals surface area contributed by atoms with E-state index in [2.05, 4.69) is 41.4 Å². The standard InChI is InChI=1S/C25H26FN5OS/c1-16-9-11-20(12-10-16)31-23-22(17(2)29-31)33-25(28-23)30-13-5-7-19(15-30)24(32)27-14-18-6-3-4-8-21(18)26/h3-4,6,8-12,19H,5,7,13-15H2,1-2H3,(H,27,32). The molecule has 1 saturated heterocycles. The van der Waals surface area contributed by atoms with Crippen LogP contribution in [0, 0.1) is 25.6 Å². The van der Waals surface area contributed by atoms with Gasteiger partial charge in [0, 0.05) is 25.2 Å². The molecule has 5 rings (SSSR count). The van der Waals surface area contributed by atoms with Crippen molar-refractivity contribution in [1.82, 2.24) is 20.1 Å². The molecule has 4 aromatic rings. The van der Waals surface area contributed by atoms with Gasteiger partial charge >= 0.3 is 0 Å². The lowest BCUT2D eigenvalue weighted by molar-refractivity contribution is -0.125. The molecule has 0 bridgehead atoms. The number of hydrogen-bond donors (Lipinski definition) is 1. The Morgan fingerprint density at radius 1 is 1.18 bits per heavy atom. The van der Waals surface area contributed by atoms with E-state index in [1.165, 1.54) is 11.6 Å². The highest BCUT2D eigenvalue weighted by molar-refractivity contribution is 7.22. The van der Waals surface area contributed by atoms with E-state index >= 15 is 0 Å². The number of aryl methyl sites for hydroxylation is 2. The van der Waals surface area contributed by atoms with Crippen LogP contribution in [0.5, 0.6) is 0 Å². The summed E-state index contributed by atoms with van der Waals surface area (Å²) in [4.78, 5) is 19.9. The van der Waals surface area contributed by atoms with Crippen LogP contribution in [0.4, 0.5) is 9.52 Å². The second-order valence-corrected chi connectivity index (χ2v) is 9.55. The molecule has 33 heavy (non-hydrogen) atoms. The number of anilines is 1. The van der Waals surface area contributed by atoms with Crippen molar-refractivity contribution in [3.63, 3.8) is 0 Å². The summed E-state index contributed by atoms with van der Waals surface area (Å²) < 4.78 is 16.8. The van der Waals surface area contributed by atoms with Gasteiger partial charge in [-0.1, -0.05) is 47.2 Å². The summed E-state index contributed by atoms with van der Waals surface area (Å²) in [5.41, 5.74) is 4.49. The maximum Gasteiger partial charge on any atom is 0.225 e. The van der Waals surface area contributed by atoms with E-state index in [1.54, 1.807) is 29.5 Å². The zero-order valence-corrected chi connectivity index (χ0v) is 19.5. The monoisotopic (exact) mass is 463 g/mol. The average Bonchev–Trinajstić information content (AvgIpc) is 3.40. The third-order valence-corrected chi connectivity index (χ3v) is 7.34. The predicted octanol–water partition coefficient (Wildman–Crippen LogP) is 4.77. The fraction of sp³-hybridized carbons (Fsp3) is 0.320. The molecule has 1 fully saturated rings. The summed E-state index contributed by atoms with van der Waals surface area (Å²) in [6.07, 6.45) is 1.73. The summed E-state index contributed by atoms with van der Waals surface area (Å²) in [6.45, 7) is 5.74. The van der Waals surface area contributed by atoms with Crippen LogP contribution in [0.25, 0.3) is 16.0 Å². The Labute approximate surface area is 196 Å². The van der Waals surface area contributed by atoms with Crippen LogP contribution in [0.1, 0.15) is 29.7 Å². The van der Waals surface area contributed by atoms with E-state index in [-0.39, 0.29) is 24.2 Å². The van der Waals surface area contributed by atoms with Crippen molar-refractivity contribution in [2.75, 3.05) is 18.0 Å². The van der Waals surface area contributed by atoms with Gasteiger partial charge in [-0.25, -0.2) is 9.07 Å². The van der Waals surface area contributed by atoms with Crippen molar-refractivity contribution >= 4 is 32.7 Å². The van der Waals surface area contributed by atoms with E-state index in [1.807, 2.05) is 11.6 Å². The molecular formula is C25H26FN5OS. The number of thiazole rings is 1. The molecule has 0 saturated carbocycles. The first-order chi connectivity index (χ1) is 16.0. The number of amides is 1. The first kappa shape index (κ1) is 21.6. The molecule has 3 heterocycles. The van der Waals surface area contributed by atoms with Gasteiger partial charge in [-0.2, -0.15) is 10.1 Å². The number of nitrogens with one attached hydrogen (secondary N) is 1. The SMILES string of the molecule is Cc1ccc(-n2nc(C)c3sc(N4CCCC(C(=O)NCc5ccccc5F)C4)nc32)cc1. The Morgan fingerprint density at radius 2 is 1.97 bits per heavy atom. The van der Waals surface area contributed by atoms with E-state index in [9.17, 15) is 9.18 Å². The summed E-state index contributed by atoms with van der Waals surface area (Å²) >= 11 is 1.63. The molecule has 1 amide bonds. The molecule has 1 aliphatic heterocycles. The van der Waals surface area contributed by atoms with Crippen LogP contribution < -0.4 is 10.2 Å². The third kappa shape index (κ3) is 4.35. The molecular weight excluding hydrogens is 437 g/mol. The average molecular weight is 464 g/mol. The Balaban J connectivity index is 1.32. The quantitative estimate of drug-likeness (QED) is 0.463. The Morgan fingerprint density at radius 3 is 2.76 bits per heavy atom. The molecule has 0 aliphatic carbocycles. The van der Waals surface area contributed by atoms with Crippen molar-refractivity contribution in [3.8, 4) is 5.69 Å². The van der Waals surface area contributed by atoms with Gasteiger partial charge in [0.1, 0.15) is 5.82 Å². The minimum atomic E-state index is -0.296. The molecule has 1 N–H and O–H groups in total. The Kier molecular flexibility index (Phi) is 5.85. The van der Waals surface area contributed by atoms with E-state index < -0.39 is 0 Å². The van der Waals surface area contributed by atoms with Gasteiger partial charge in [0.2, 0.25) is 5.91 Å².